The Bertz CT molecular complexity index is 175. The van der Waals surface area contributed by atoms with E-state index in [1.807, 2.05) is 0 Å². The summed E-state index contributed by atoms with van der Waals surface area (Å²) < 4.78 is 22.6. The predicted molar refractivity (Wildman–Crippen MR) is 39.2 cm³/mol. The van der Waals surface area contributed by atoms with E-state index < -0.39 is 10.0 Å². The highest BCUT2D eigenvalue weighted by Gasteiger charge is 2.08. The van der Waals surface area contributed by atoms with Crippen LogP contribution in [0.5, 0.6) is 0 Å². The molecule has 0 saturated heterocycles. The molecule has 0 saturated carbocycles. The van der Waals surface area contributed by atoms with Crippen molar-refractivity contribution >= 4 is 10.0 Å². The first kappa shape index (κ1) is 9.87. The molecule has 0 aliphatic heterocycles. The largest absolute Gasteiger partial charge is 0.396 e. The van der Waals surface area contributed by atoms with E-state index in [4.69, 9.17) is 5.11 Å². The fourth-order valence-electron chi connectivity index (χ4n) is 0.459. The van der Waals surface area contributed by atoms with Crippen LogP contribution in [0, 0.1) is 0 Å². The second-order valence-corrected chi connectivity index (χ2v) is 4.25. The van der Waals surface area contributed by atoms with Gasteiger partial charge in [0.05, 0.1) is 6.26 Å². The number of hydrogen-bond donors (Lipinski definition) is 1. The molecule has 5 heteroatoms. The summed E-state index contributed by atoms with van der Waals surface area (Å²) >= 11 is 0. The van der Waals surface area contributed by atoms with Gasteiger partial charge in [0.2, 0.25) is 10.0 Å². The maximum Gasteiger partial charge on any atom is 0.210 e. The molecule has 0 spiro atoms. The molecule has 0 aromatic heterocycles. The van der Waals surface area contributed by atoms with Crippen molar-refractivity contribution in [1.82, 2.24) is 4.31 Å². The summed E-state index contributed by atoms with van der Waals surface area (Å²) in [7, 11) is -1.56. The molecule has 10 heavy (non-hydrogen) atoms. The predicted octanol–water partition coefficient (Wildman–Crippen LogP) is -0.740. The Kier molecular flexibility index (Phi) is 3.85. The number of sulfonamides is 1. The Morgan fingerprint density at radius 3 is 2.30 bits per heavy atom. The minimum absolute atomic E-state index is 0.0276. The van der Waals surface area contributed by atoms with Crippen molar-refractivity contribution in [2.24, 2.45) is 0 Å². The number of rotatable bonds is 4. The van der Waals surface area contributed by atoms with Crippen molar-refractivity contribution < 1.29 is 13.5 Å². The van der Waals surface area contributed by atoms with E-state index in [2.05, 4.69) is 0 Å². The van der Waals surface area contributed by atoms with Gasteiger partial charge in [0, 0.05) is 20.2 Å². The maximum atomic E-state index is 10.7. The van der Waals surface area contributed by atoms with Crippen LogP contribution in [0.1, 0.15) is 6.42 Å². The van der Waals surface area contributed by atoms with E-state index in [-0.39, 0.29) is 6.61 Å². The third-order valence-electron chi connectivity index (χ3n) is 1.20. The molecule has 1 N–H and O–H groups in total. The Hall–Kier alpha value is -0.130. The summed E-state index contributed by atoms with van der Waals surface area (Å²) in [5, 5.41) is 8.36. The van der Waals surface area contributed by atoms with Gasteiger partial charge in [-0.1, -0.05) is 0 Å². The molecule has 0 aliphatic carbocycles. The highest BCUT2D eigenvalue weighted by Crippen LogP contribution is 1.93. The molecule has 0 atom stereocenters. The lowest BCUT2D eigenvalue weighted by molar-refractivity contribution is 0.276. The molecule has 4 nitrogen and oxygen atoms in total. The van der Waals surface area contributed by atoms with Crippen LogP contribution in [0.15, 0.2) is 0 Å². The second-order valence-electron chi connectivity index (χ2n) is 2.16. The van der Waals surface area contributed by atoms with Crippen LogP contribution in [0.2, 0.25) is 0 Å². The van der Waals surface area contributed by atoms with E-state index in [1.54, 1.807) is 0 Å². The van der Waals surface area contributed by atoms with Gasteiger partial charge < -0.3 is 5.11 Å². The second kappa shape index (κ2) is 3.90. The molecular weight excluding hydrogens is 154 g/mol. The van der Waals surface area contributed by atoms with E-state index in [0.717, 1.165) is 6.26 Å². The molecule has 0 aromatic carbocycles. The van der Waals surface area contributed by atoms with Crippen LogP contribution >= 0.6 is 0 Å². The molecular formula is C5H13NO3S. The smallest absolute Gasteiger partial charge is 0.210 e. The normalized spacial score (nSPS) is 12.4. The SMILES string of the molecule is CN(CCCO)S(C)(=O)=O. The summed E-state index contributed by atoms with van der Waals surface area (Å²) in [6, 6.07) is 0. The average molecular weight is 167 g/mol. The molecule has 0 radical (unpaired) electrons. The molecule has 0 aliphatic rings. The number of aliphatic hydroxyl groups is 1. The third kappa shape index (κ3) is 3.81. The molecule has 0 amide bonds. The number of nitrogens with zero attached hydrogens (tertiary/aromatic N) is 1. The summed E-state index contributed by atoms with van der Waals surface area (Å²) in [5.41, 5.74) is 0. The summed E-state index contributed by atoms with van der Waals surface area (Å²) in [4.78, 5) is 0. The maximum absolute atomic E-state index is 10.7. The zero-order valence-electron chi connectivity index (χ0n) is 6.24. The van der Waals surface area contributed by atoms with E-state index in [1.165, 1.54) is 11.4 Å². The molecule has 0 aromatic rings. The first-order chi connectivity index (χ1) is 4.48. The van der Waals surface area contributed by atoms with Crippen molar-refractivity contribution in [1.29, 1.82) is 0 Å². The topological polar surface area (TPSA) is 57.6 Å². The monoisotopic (exact) mass is 167 g/mol. The lowest BCUT2D eigenvalue weighted by Gasteiger charge is -2.11. The highest BCUT2D eigenvalue weighted by molar-refractivity contribution is 7.88. The molecule has 0 unspecified atom stereocenters. The summed E-state index contributed by atoms with van der Waals surface area (Å²) in [6.07, 6.45) is 1.63. The highest BCUT2D eigenvalue weighted by atomic mass is 32.2. The van der Waals surface area contributed by atoms with Crippen LogP contribution in [0.4, 0.5) is 0 Å². The van der Waals surface area contributed by atoms with E-state index >= 15 is 0 Å². The van der Waals surface area contributed by atoms with Crippen molar-refractivity contribution in [2.75, 3.05) is 26.5 Å². The molecule has 0 bridgehead atoms. The molecule has 0 rings (SSSR count). The van der Waals surface area contributed by atoms with Gasteiger partial charge in [0.25, 0.3) is 0 Å². The van der Waals surface area contributed by atoms with Gasteiger partial charge in [-0.05, 0) is 6.42 Å². The minimum Gasteiger partial charge on any atom is -0.396 e. The fraction of sp³-hybridized carbons (Fsp3) is 1.00. The van der Waals surface area contributed by atoms with Crippen molar-refractivity contribution in [3.63, 3.8) is 0 Å². The van der Waals surface area contributed by atoms with E-state index in [9.17, 15) is 8.42 Å². The lowest BCUT2D eigenvalue weighted by Crippen LogP contribution is -2.26. The van der Waals surface area contributed by atoms with Gasteiger partial charge >= 0.3 is 0 Å². The Balaban J connectivity index is 3.75. The molecule has 0 heterocycles. The Morgan fingerprint density at radius 2 is 2.00 bits per heavy atom. The summed E-state index contributed by atoms with van der Waals surface area (Å²) in [6.45, 7) is 0.412. The van der Waals surface area contributed by atoms with Crippen molar-refractivity contribution in [2.45, 2.75) is 6.42 Å². The first-order valence-corrected chi connectivity index (χ1v) is 4.85. The first-order valence-electron chi connectivity index (χ1n) is 3.00. The average Bonchev–Trinajstić information content (AvgIpc) is 1.80. The van der Waals surface area contributed by atoms with E-state index in [0.29, 0.717) is 13.0 Å². The molecule has 62 valence electrons. The number of hydrogen-bond acceptors (Lipinski definition) is 3. The van der Waals surface area contributed by atoms with Crippen LogP contribution in [0.25, 0.3) is 0 Å². The van der Waals surface area contributed by atoms with Gasteiger partial charge in [-0.25, -0.2) is 12.7 Å². The van der Waals surface area contributed by atoms with Crippen LogP contribution < -0.4 is 0 Å². The van der Waals surface area contributed by atoms with Crippen LogP contribution in [0.3, 0.4) is 0 Å². The lowest BCUT2D eigenvalue weighted by atomic mass is 10.5. The van der Waals surface area contributed by atoms with Crippen LogP contribution in [-0.4, -0.2) is 44.3 Å². The quantitative estimate of drug-likeness (QED) is 0.600. The standard InChI is InChI=1S/C5H13NO3S/c1-6(4-3-5-7)10(2,8)9/h7H,3-5H2,1-2H3. The van der Waals surface area contributed by atoms with Gasteiger partial charge in [0.15, 0.2) is 0 Å². The fourth-order valence-corrected chi connectivity index (χ4v) is 0.920. The minimum atomic E-state index is -3.05. The Morgan fingerprint density at radius 1 is 1.50 bits per heavy atom. The zero-order chi connectivity index (χ0) is 8.20. The Labute approximate surface area is 61.5 Å². The number of aliphatic hydroxyl groups excluding tert-OH is 1. The third-order valence-corrected chi connectivity index (χ3v) is 2.51. The zero-order valence-corrected chi connectivity index (χ0v) is 7.06. The van der Waals surface area contributed by atoms with Gasteiger partial charge in [-0.15, -0.1) is 0 Å². The van der Waals surface area contributed by atoms with Gasteiger partial charge in [-0.2, -0.15) is 0 Å². The van der Waals surface area contributed by atoms with Crippen LogP contribution in [-0.2, 0) is 10.0 Å². The van der Waals surface area contributed by atoms with Crippen molar-refractivity contribution in [3.8, 4) is 0 Å². The summed E-state index contributed by atoms with van der Waals surface area (Å²) in [5.74, 6) is 0. The van der Waals surface area contributed by atoms with Crippen molar-refractivity contribution in [3.05, 3.63) is 0 Å². The molecule has 0 fully saturated rings. The van der Waals surface area contributed by atoms with Gasteiger partial charge in [-0.3, -0.25) is 0 Å². The van der Waals surface area contributed by atoms with Gasteiger partial charge in [0.1, 0.15) is 0 Å².